The molecule has 6 nitrogen and oxygen atoms in total. The van der Waals surface area contributed by atoms with Gasteiger partial charge in [-0.1, -0.05) is 6.92 Å². The summed E-state index contributed by atoms with van der Waals surface area (Å²) in [5, 5.41) is 9.11. The Kier molecular flexibility index (Phi) is 3.96. The van der Waals surface area contributed by atoms with Gasteiger partial charge in [0.15, 0.2) is 0 Å². The van der Waals surface area contributed by atoms with Gasteiger partial charge in [0.25, 0.3) is 0 Å². The molecule has 1 aromatic heterocycles. The van der Waals surface area contributed by atoms with Crippen LogP contribution in [0.3, 0.4) is 0 Å². The van der Waals surface area contributed by atoms with Crippen molar-refractivity contribution >= 4 is 16.0 Å². The highest BCUT2D eigenvalue weighted by molar-refractivity contribution is 7.89. The van der Waals surface area contributed by atoms with Crippen LogP contribution >= 0.6 is 0 Å². The molecule has 106 valence electrons. The summed E-state index contributed by atoms with van der Waals surface area (Å²) in [6, 6.07) is 1.26. The maximum atomic E-state index is 12.3. The highest BCUT2D eigenvalue weighted by atomic mass is 32.2. The van der Waals surface area contributed by atoms with E-state index in [2.05, 4.69) is 0 Å². The Hall–Kier alpha value is -1.34. The van der Waals surface area contributed by atoms with Gasteiger partial charge in [-0.05, 0) is 25.3 Å². The van der Waals surface area contributed by atoms with Crippen molar-refractivity contribution in [2.45, 2.75) is 37.6 Å². The van der Waals surface area contributed by atoms with Gasteiger partial charge in [0.2, 0.25) is 10.0 Å². The zero-order valence-electron chi connectivity index (χ0n) is 10.9. The van der Waals surface area contributed by atoms with Crippen LogP contribution in [0.1, 0.15) is 36.7 Å². The van der Waals surface area contributed by atoms with E-state index in [1.54, 1.807) is 0 Å². The average Bonchev–Trinajstić information content (AvgIpc) is 2.98. The molecular weight excluding hydrogens is 268 g/mol. The van der Waals surface area contributed by atoms with Crippen molar-refractivity contribution in [1.29, 1.82) is 0 Å². The second-order valence-electron chi connectivity index (χ2n) is 4.67. The number of rotatable bonds is 5. The predicted molar refractivity (Wildman–Crippen MR) is 69.7 cm³/mol. The third kappa shape index (κ3) is 2.66. The Labute approximate surface area is 112 Å². The maximum Gasteiger partial charge on any atom is 0.352 e. The topological polar surface area (TPSA) is 79.6 Å². The number of carboxylic acid groups (broad SMARTS) is 1. The Morgan fingerprint density at radius 1 is 1.37 bits per heavy atom. The molecule has 0 bridgehead atoms. The minimum absolute atomic E-state index is 0.0274. The molecule has 1 aromatic rings. The number of hydrogen-bond acceptors (Lipinski definition) is 3. The molecule has 1 N–H and O–H groups in total. The zero-order chi connectivity index (χ0) is 14.0. The molecule has 2 rings (SSSR count). The van der Waals surface area contributed by atoms with Crippen LogP contribution in [0.15, 0.2) is 17.2 Å². The standard InChI is InChI=1S/C12H18N2O4S/c1-2-5-13-9-10(8-11(13)12(15)16)19(17,18)14-6-3-4-7-14/h8-9H,2-7H2,1H3,(H,15,16). The van der Waals surface area contributed by atoms with Crippen LogP contribution in [0, 0.1) is 0 Å². The molecule has 0 saturated carbocycles. The summed E-state index contributed by atoms with van der Waals surface area (Å²) in [6.07, 6.45) is 3.90. The van der Waals surface area contributed by atoms with E-state index in [-0.39, 0.29) is 10.6 Å². The molecule has 0 unspecified atom stereocenters. The summed E-state index contributed by atoms with van der Waals surface area (Å²) in [5.74, 6) is -1.10. The monoisotopic (exact) mass is 286 g/mol. The lowest BCUT2D eigenvalue weighted by Gasteiger charge is -2.13. The van der Waals surface area contributed by atoms with Gasteiger partial charge in [-0.25, -0.2) is 13.2 Å². The van der Waals surface area contributed by atoms with Crippen LogP contribution < -0.4 is 0 Å². The summed E-state index contributed by atoms with van der Waals surface area (Å²) in [5.41, 5.74) is 0.0274. The number of nitrogens with zero attached hydrogens (tertiary/aromatic N) is 2. The van der Waals surface area contributed by atoms with Gasteiger partial charge in [0.1, 0.15) is 10.6 Å². The van der Waals surface area contributed by atoms with Gasteiger partial charge in [-0.15, -0.1) is 0 Å². The number of carboxylic acids is 1. The fourth-order valence-electron chi connectivity index (χ4n) is 2.31. The van der Waals surface area contributed by atoms with Gasteiger partial charge < -0.3 is 9.67 Å². The van der Waals surface area contributed by atoms with Crippen LogP contribution in [0.4, 0.5) is 0 Å². The Balaban J connectivity index is 2.39. The van der Waals surface area contributed by atoms with Crippen molar-refractivity contribution in [1.82, 2.24) is 8.87 Å². The highest BCUT2D eigenvalue weighted by Crippen LogP contribution is 2.23. The molecule has 1 aliphatic heterocycles. The summed E-state index contributed by atoms with van der Waals surface area (Å²) in [4.78, 5) is 11.2. The van der Waals surface area contributed by atoms with E-state index in [9.17, 15) is 13.2 Å². The Morgan fingerprint density at radius 2 is 2.00 bits per heavy atom. The molecular formula is C12H18N2O4S. The van der Waals surface area contributed by atoms with Crippen LogP contribution in [-0.2, 0) is 16.6 Å². The van der Waals surface area contributed by atoms with Gasteiger partial charge in [-0.3, -0.25) is 0 Å². The van der Waals surface area contributed by atoms with E-state index < -0.39 is 16.0 Å². The number of carbonyl (C=O) groups is 1. The van der Waals surface area contributed by atoms with Gasteiger partial charge in [0, 0.05) is 25.8 Å². The second-order valence-corrected chi connectivity index (χ2v) is 6.61. The van der Waals surface area contributed by atoms with E-state index >= 15 is 0 Å². The first-order valence-corrected chi connectivity index (χ1v) is 7.84. The lowest BCUT2D eigenvalue weighted by atomic mass is 10.4. The third-order valence-electron chi connectivity index (χ3n) is 3.26. The largest absolute Gasteiger partial charge is 0.477 e. The van der Waals surface area contributed by atoms with Crippen molar-refractivity contribution in [3.63, 3.8) is 0 Å². The van der Waals surface area contributed by atoms with Gasteiger partial charge in [0.05, 0.1) is 0 Å². The number of sulfonamides is 1. The third-order valence-corrected chi connectivity index (χ3v) is 5.12. The number of aryl methyl sites for hydroxylation is 1. The molecule has 0 amide bonds. The first-order valence-electron chi connectivity index (χ1n) is 6.40. The highest BCUT2D eigenvalue weighted by Gasteiger charge is 2.29. The zero-order valence-corrected chi connectivity index (χ0v) is 11.7. The predicted octanol–water partition coefficient (Wildman–Crippen LogP) is 1.38. The molecule has 0 spiro atoms. The summed E-state index contributed by atoms with van der Waals surface area (Å²) >= 11 is 0. The van der Waals surface area contributed by atoms with Crippen molar-refractivity contribution in [3.8, 4) is 0 Å². The summed E-state index contributed by atoms with van der Waals surface area (Å²) in [7, 11) is -3.54. The summed E-state index contributed by atoms with van der Waals surface area (Å²) < 4.78 is 27.6. The van der Waals surface area contributed by atoms with E-state index in [1.807, 2.05) is 6.92 Å². The molecule has 0 aliphatic carbocycles. The molecule has 0 atom stereocenters. The number of aromatic nitrogens is 1. The minimum atomic E-state index is -3.54. The molecule has 1 aliphatic rings. The normalized spacial score (nSPS) is 16.9. The fraction of sp³-hybridized carbons (Fsp3) is 0.583. The lowest BCUT2D eigenvalue weighted by Crippen LogP contribution is -2.27. The van der Waals surface area contributed by atoms with E-state index in [0.717, 1.165) is 19.3 Å². The summed E-state index contributed by atoms with van der Waals surface area (Å²) in [6.45, 7) is 3.45. The lowest BCUT2D eigenvalue weighted by molar-refractivity contribution is 0.0685. The SMILES string of the molecule is CCCn1cc(S(=O)(=O)N2CCCC2)cc1C(=O)O. The van der Waals surface area contributed by atoms with Crippen LogP contribution in [0.25, 0.3) is 0 Å². The second kappa shape index (κ2) is 5.34. The fourth-order valence-corrected chi connectivity index (χ4v) is 3.87. The first kappa shape index (κ1) is 14.1. The van der Waals surface area contributed by atoms with Crippen molar-refractivity contribution in [2.24, 2.45) is 0 Å². The number of hydrogen-bond donors (Lipinski definition) is 1. The smallest absolute Gasteiger partial charge is 0.352 e. The quantitative estimate of drug-likeness (QED) is 0.887. The average molecular weight is 286 g/mol. The van der Waals surface area contributed by atoms with Crippen LogP contribution in [0.2, 0.25) is 0 Å². The molecule has 1 fully saturated rings. The van der Waals surface area contributed by atoms with E-state index in [4.69, 9.17) is 5.11 Å². The van der Waals surface area contributed by atoms with Crippen LogP contribution in [-0.4, -0.2) is 41.5 Å². The van der Waals surface area contributed by atoms with Crippen molar-refractivity contribution < 1.29 is 18.3 Å². The maximum absolute atomic E-state index is 12.3. The van der Waals surface area contributed by atoms with Crippen molar-refractivity contribution in [2.75, 3.05) is 13.1 Å². The van der Waals surface area contributed by atoms with Gasteiger partial charge in [-0.2, -0.15) is 4.31 Å². The Bertz CT molecular complexity index is 571. The van der Waals surface area contributed by atoms with E-state index in [0.29, 0.717) is 19.6 Å². The molecule has 19 heavy (non-hydrogen) atoms. The van der Waals surface area contributed by atoms with E-state index in [1.165, 1.54) is 21.1 Å². The molecule has 2 heterocycles. The minimum Gasteiger partial charge on any atom is -0.477 e. The molecule has 1 saturated heterocycles. The van der Waals surface area contributed by atoms with Crippen molar-refractivity contribution in [3.05, 3.63) is 18.0 Å². The molecule has 0 aromatic carbocycles. The molecule has 7 heteroatoms. The first-order chi connectivity index (χ1) is 8.96. The van der Waals surface area contributed by atoms with Gasteiger partial charge >= 0.3 is 5.97 Å². The Morgan fingerprint density at radius 3 is 2.53 bits per heavy atom. The molecule has 0 radical (unpaired) electrons. The van der Waals surface area contributed by atoms with Crippen LogP contribution in [0.5, 0.6) is 0 Å². The number of aromatic carboxylic acids is 1.